The molecule has 3 aliphatic rings. The van der Waals surface area contributed by atoms with Crippen molar-refractivity contribution in [3.05, 3.63) is 48.4 Å². The predicted molar refractivity (Wildman–Crippen MR) is 136 cm³/mol. The molecule has 2 fully saturated rings. The van der Waals surface area contributed by atoms with E-state index >= 15 is 0 Å². The summed E-state index contributed by atoms with van der Waals surface area (Å²) >= 11 is 0. The number of hydrogen-bond donors (Lipinski definition) is 0. The number of allylic oxidation sites excluding steroid dienone is 4. The highest BCUT2D eigenvalue weighted by molar-refractivity contribution is 5.89. The fourth-order valence-electron chi connectivity index (χ4n) is 5.27. The van der Waals surface area contributed by atoms with Crippen molar-refractivity contribution >= 4 is 17.7 Å². The first kappa shape index (κ1) is 24.3. The second-order valence-corrected chi connectivity index (χ2v) is 10.0. The lowest BCUT2D eigenvalue weighted by atomic mass is 9.75. The van der Waals surface area contributed by atoms with E-state index in [1.54, 1.807) is 11.2 Å². The van der Waals surface area contributed by atoms with Crippen molar-refractivity contribution < 1.29 is 9.53 Å². The van der Waals surface area contributed by atoms with E-state index < -0.39 is 0 Å². The van der Waals surface area contributed by atoms with E-state index in [0.717, 1.165) is 58.2 Å². The molecule has 3 aliphatic heterocycles. The van der Waals surface area contributed by atoms with E-state index in [0.29, 0.717) is 25.0 Å². The number of carbonyl (C=O) groups is 1. The van der Waals surface area contributed by atoms with E-state index in [1.807, 2.05) is 17.4 Å². The van der Waals surface area contributed by atoms with Gasteiger partial charge in [0.25, 0.3) is 0 Å². The first-order valence-electron chi connectivity index (χ1n) is 12.7. The molecule has 4 rings (SSSR count). The Labute approximate surface area is 203 Å². The van der Waals surface area contributed by atoms with Crippen LogP contribution in [0.15, 0.2) is 47.8 Å². The number of amides is 1. The topological polar surface area (TPSA) is 63.0 Å². The fraction of sp³-hybridized carbons (Fsp3) is 0.593. The van der Waals surface area contributed by atoms with E-state index in [-0.39, 0.29) is 11.3 Å². The van der Waals surface area contributed by atoms with Crippen LogP contribution in [-0.2, 0) is 9.53 Å². The summed E-state index contributed by atoms with van der Waals surface area (Å²) in [5.74, 6) is 0.714. The van der Waals surface area contributed by atoms with Gasteiger partial charge in [0.15, 0.2) is 0 Å². The summed E-state index contributed by atoms with van der Waals surface area (Å²) in [6, 6.07) is 0.363. The van der Waals surface area contributed by atoms with Gasteiger partial charge in [-0.15, -0.1) is 0 Å². The van der Waals surface area contributed by atoms with Gasteiger partial charge in [-0.1, -0.05) is 26.0 Å². The number of fused-ring (bicyclic) bond motifs is 1. The van der Waals surface area contributed by atoms with Crippen molar-refractivity contribution in [1.29, 1.82) is 0 Å². The average molecular weight is 466 g/mol. The second kappa shape index (κ2) is 10.6. The van der Waals surface area contributed by atoms with Crippen molar-refractivity contribution in [2.75, 3.05) is 26.2 Å². The minimum Gasteiger partial charge on any atom is -0.478 e. The Morgan fingerprint density at radius 1 is 1.35 bits per heavy atom. The van der Waals surface area contributed by atoms with Crippen LogP contribution in [0, 0.1) is 5.41 Å². The summed E-state index contributed by atoms with van der Waals surface area (Å²) in [6.07, 6.45) is 16.8. The highest BCUT2D eigenvalue weighted by Crippen LogP contribution is 2.43. The van der Waals surface area contributed by atoms with Crippen LogP contribution in [-0.4, -0.2) is 57.8 Å². The van der Waals surface area contributed by atoms with E-state index in [9.17, 15) is 4.79 Å². The molecule has 184 valence electrons. The molecule has 2 saturated heterocycles. The molecule has 0 saturated carbocycles. The van der Waals surface area contributed by atoms with Crippen LogP contribution in [0.2, 0.25) is 0 Å². The molecular weight excluding hydrogens is 426 g/mol. The monoisotopic (exact) mass is 465 g/mol. The number of rotatable bonds is 8. The number of hydrogen-bond acceptors (Lipinski definition) is 5. The molecule has 1 amide bonds. The predicted octanol–water partition coefficient (Wildman–Crippen LogP) is 5.16. The number of ether oxygens (including phenoxy) is 1. The van der Waals surface area contributed by atoms with Gasteiger partial charge in [-0.05, 0) is 62.2 Å². The molecule has 1 atom stereocenters. The number of nitrogens with zero attached hydrogens (tertiary/aromatic N) is 5. The Morgan fingerprint density at radius 3 is 2.88 bits per heavy atom. The molecule has 7 nitrogen and oxygen atoms in total. The first-order chi connectivity index (χ1) is 16.4. The maximum absolute atomic E-state index is 12.7. The summed E-state index contributed by atoms with van der Waals surface area (Å²) in [7, 11) is 0. The summed E-state index contributed by atoms with van der Waals surface area (Å²) in [5.41, 5.74) is 4.27. The van der Waals surface area contributed by atoms with Crippen LogP contribution in [0.4, 0.5) is 0 Å². The van der Waals surface area contributed by atoms with Crippen molar-refractivity contribution in [3.8, 4) is 0 Å². The van der Waals surface area contributed by atoms with Crippen molar-refractivity contribution in [1.82, 2.24) is 19.5 Å². The second-order valence-electron chi connectivity index (χ2n) is 10.0. The highest BCUT2D eigenvalue weighted by atomic mass is 16.5. The van der Waals surface area contributed by atoms with Crippen molar-refractivity contribution in [3.63, 3.8) is 0 Å². The lowest BCUT2D eigenvalue weighted by Crippen LogP contribution is -2.42. The molecule has 1 aromatic heterocycles. The minimum atomic E-state index is 0.152. The van der Waals surface area contributed by atoms with E-state index in [2.05, 4.69) is 54.2 Å². The van der Waals surface area contributed by atoms with E-state index in [4.69, 9.17) is 4.74 Å². The third kappa shape index (κ3) is 5.29. The SMILES string of the molecule is C=C1OCCCN1/N=C\CC(=O)N1CCC(C)(CC[C@H]2C(/C=C\CC)=C(C)c3cncn32)CC1. The Hall–Kier alpha value is -2.83. The lowest BCUT2D eigenvalue weighted by Gasteiger charge is -2.40. The smallest absolute Gasteiger partial charge is 0.228 e. The van der Waals surface area contributed by atoms with Gasteiger partial charge in [-0.25, -0.2) is 9.99 Å². The third-order valence-corrected chi connectivity index (χ3v) is 7.61. The lowest BCUT2D eigenvalue weighted by molar-refractivity contribution is -0.132. The maximum Gasteiger partial charge on any atom is 0.228 e. The molecule has 1 aromatic rings. The Morgan fingerprint density at radius 2 is 2.15 bits per heavy atom. The Kier molecular flexibility index (Phi) is 7.59. The van der Waals surface area contributed by atoms with Gasteiger partial charge in [0.05, 0.1) is 37.3 Å². The molecule has 0 spiro atoms. The summed E-state index contributed by atoms with van der Waals surface area (Å²) in [5, 5.41) is 6.10. The first-order valence-corrected chi connectivity index (χ1v) is 12.7. The maximum atomic E-state index is 12.7. The third-order valence-electron chi connectivity index (χ3n) is 7.61. The van der Waals surface area contributed by atoms with Crippen LogP contribution < -0.4 is 0 Å². The minimum absolute atomic E-state index is 0.152. The number of carbonyl (C=O) groups excluding carboxylic acids is 1. The van der Waals surface area contributed by atoms with Crippen LogP contribution in [0.5, 0.6) is 0 Å². The number of piperidine rings is 1. The molecule has 0 radical (unpaired) electrons. The molecule has 0 unspecified atom stereocenters. The number of imidazole rings is 1. The zero-order valence-electron chi connectivity index (χ0n) is 21.0. The molecule has 7 heteroatoms. The summed E-state index contributed by atoms with van der Waals surface area (Å²) in [4.78, 5) is 19.1. The fourth-order valence-corrected chi connectivity index (χ4v) is 5.27. The highest BCUT2D eigenvalue weighted by Gasteiger charge is 2.34. The molecule has 0 aromatic carbocycles. The van der Waals surface area contributed by atoms with Gasteiger partial charge >= 0.3 is 0 Å². The van der Waals surface area contributed by atoms with Crippen LogP contribution >= 0.6 is 0 Å². The van der Waals surface area contributed by atoms with Gasteiger partial charge in [0.1, 0.15) is 0 Å². The number of hydrazone groups is 1. The van der Waals surface area contributed by atoms with Gasteiger partial charge in [0, 0.05) is 32.3 Å². The van der Waals surface area contributed by atoms with Crippen LogP contribution in [0.3, 0.4) is 0 Å². The molecule has 0 N–H and O–H groups in total. The Balaban J connectivity index is 1.28. The normalized spacial score (nSPS) is 22.7. The van der Waals surface area contributed by atoms with Gasteiger partial charge in [0.2, 0.25) is 11.8 Å². The van der Waals surface area contributed by atoms with Crippen LogP contribution in [0.25, 0.3) is 5.57 Å². The van der Waals surface area contributed by atoms with Crippen molar-refractivity contribution in [2.45, 2.75) is 71.8 Å². The molecule has 0 aliphatic carbocycles. The summed E-state index contributed by atoms with van der Waals surface area (Å²) < 4.78 is 7.75. The molecule has 4 heterocycles. The molecule has 0 bridgehead atoms. The average Bonchev–Trinajstić information content (AvgIpc) is 3.40. The number of aromatic nitrogens is 2. The summed E-state index contributed by atoms with van der Waals surface area (Å²) in [6.45, 7) is 13.8. The van der Waals surface area contributed by atoms with E-state index in [1.165, 1.54) is 16.8 Å². The molecule has 34 heavy (non-hydrogen) atoms. The zero-order chi connectivity index (χ0) is 24.1. The molecular formula is C27H39N5O2. The van der Waals surface area contributed by atoms with Gasteiger partial charge in [-0.3, -0.25) is 4.79 Å². The van der Waals surface area contributed by atoms with Gasteiger partial charge in [-0.2, -0.15) is 5.10 Å². The van der Waals surface area contributed by atoms with Crippen LogP contribution in [0.1, 0.15) is 77.5 Å². The Bertz CT molecular complexity index is 981. The largest absolute Gasteiger partial charge is 0.478 e. The standard InChI is InChI=1S/C27H39N5O2/c1-5-6-8-23-21(2)25-19-28-20-31(25)24(23)9-11-27(4)12-16-30(17-13-27)26(33)10-14-29-32-15-7-18-34-22(32)3/h6,8,14,19-20,24H,3,5,7,9-13,15-18H2,1-2,4H3/b8-6-,29-14-/t24-/m0/s1. The van der Waals surface area contributed by atoms with Crippen molar-refractivity contribution in [2.24, 2.45) is 10.5 Å². The quantitative estimate of drug-likeness (QED) is 0.498. The zero-order valence-corrected chi connectivity index (χ0v) is 21.0. The van der Waals surface area contributed by atoms with Gasteiger partial charge < -0.3 is 14.2 Å². The number of likely N-dealkylation sites (tertiary alicyclic amines) is 1.